The molecule has 1 aliphatic heterocycles. The fourth-order valence-electron chi connectivity index (χ4n) is 3.99. The number of nitrogens with one attached hydrogen (secondary N) is 1. The van der Waals surface area contributed by atoms with E-state index in [1.165, 1.54) is 0 Å². The number of carbonyl (C=O) groups is 2. The number of amides is 3. The molecule has 1 N–H and O–H groups in total. The van der Waals surface area contributed by atoms with Gasteiger partial charge in [-0.1, -0.05) is 0 Å². The highest BCUT2D eigenvalue weighted by Gasteiger charge is 2.58. The van der Waals surface area contributed by atoms with Crippen molar-refractivity contribution in [1.82, 2.24) is 15.1 Å². The quantitative estimate of drug-likeness (QED) is 0.664. The zero-order chi connectivity index (χ0) is 20.1. The molecular formula is C19H27F2N3O3S. The SMILES string of the molecule is CC(=O)N(Cc1ccsc1)C1CC12CCN(C(=O)NCCOCC(F)F)CC2. The number of nitrogens with zero attached hydrogens (tertiary/aromatic N) is 2. The van der Waals surface area contributed by atoms with Gasteiger partial charge in [-0.05, 0) is 47.1 Å². The Morgan fingerprint density at radius 2 is 2.18 bits per heavy atom. The Kier molecular flexibility index (Phi) is 6.87. The first-order valence-corrected chi connectivity index (χ1v) is 10.5. The van der Waals surface area contributed by atoms with Gasteiger partial charge in [-0.15, -0.1) is 0 Å². The fraction of sp³-hybridized carbons (Fsp3) is 0.684. The zero-order valence-corrected chi connectivity index (χ0v) is 16.9. The molecule has 1 aliphatic carbocycles. The van der Waals surface area contributed by atoms with Crippen molar-refractivity contribution < 1.29 is 23.1 Å². The molecule has 0 radical (unpaired) electrons. The summed E-state index contributed by atoms with van der Waals surface area (Å²) in [6.07, 6.45) is 0.254. The monoisotopic (exact) mass is 415 g/mol. The average molecular weight is 416 g/mol. The van der Waals surface area contributed by atoms with Crippen LogP contribution in [0.4, 0.5) is 13.6 Å². The van der Waals surface area contributed by atoms with Crippen molar-refractivity contribution in [3.8, 4) is 0 Å². The number of thiophene rings is 1. The van der Waals surface area contributed by atoms with E-state index in [-0.39, 0.29) is 36.5 Å². The third-order valence-electron chi connectivity index (χ3n) is 5.67. The lowest BCUT2D eigenvalue weighted by molar-refractivity contribution is -0.130. The highest BCUT2D eigenvalue weighted by Crippen LogP contribution is 2.57. The van der Waals surface area contributed by atoms with Crippen molar-refractivity contribution >= 4 is 23.3 Å². The van der Waals surface area contributed by atoms with Crippen LogP contribution in [0.1, 0.15) is 31.7 Å². The van der Waals surface area contributed by atoms with Crippen LogP contribution < -0.4 is 5.32 Å². The number of likely N-dealkylation sites (tertiary alicyclic amines) is 1. The van der Waals surface area contributed by atoms with Crippen LogP contribution in [0.15, 0.2) is 16.8 Å². The Morgan fingerprint density at radius 3 is 2.79 bits per heavy atom. The lowest BCUT2D eigenvalue weighted by Crippen LogP contribution is -2.47. The zero-order valence-electron chi connectivity index (χ0n) is 16.0. The summed E-state index contributed by atoms with van der Waals surface area (Å²) in [6, 6.07) is 2.11. The highest BCUT2D eigenvalue weighted by molar-refractivity contribution is 7.07. The maximum absolute atomic E-state index is 12.2. The Hall–Kier alpha value is -1.74. The van der Waals surface area contributed by atoms with Crippen molar-refractivity contribution in [3.63, 3.8) is 0 Å². The number of hydrogen-bond acceptors (Lipinski definition) is 4. The van der Waals surface area contributed by atoms with Gasteiger partial charge < -0.3 is 19.9 Å². The number of halogens is 2. The van der Waals surface area contributed by atoms with E-state index in [0.717, 1.165) is 24.8 Å². The van der Waals surface area contributed by atoms with Gasteiger partial charge in [0.25, 0.3) is 6.43 Å². The third-order valence-corrected chi connectivity index (χ3v) is 6.41. The summed E-state index contributed by atoms with van der Waals surface area (Å²) >= 11 is 1.63. The minimum absolute atomic E-state index is 0.0755. The number of hydrogen-bond donors (Lipinski definition) is 1. The van der Waals surface area contributed by atoms with Crippen molar-refractivity contribution in [3.05, 3.63) is 22.4 Å². The summed E-state index contributed by atoms with van der Waals surface area (Å²) in [7, 11) is 0. The van der Waals surface area contributed by atoms with Gasteiger partial charge in [0.2, 0.25) is 5.91 Å². The number of urea groups is 1. The second kappa shape index (κ2) is 9.17. The van der Waals surface area contributed by atoms with E-state index in [9.17, 15) is 18.4 Å². The molecule has 2 fully saturated rings. The first-order valence-electron chi connectivity index (χ1n) is 9.58. The molecule has 156 valence electrons. The standard InChI is InChI=1S/C19H27F2N3O3S/c1-14(25)24(11-15-2-9-28-13-15)16-10-19(16)3-6-23(7-4-19)18(26)22-5-8-27-12-17(20)21/h2,9,13,16-17H,3-8,10-12H2,1H3,(H,22,26). The number of carbonyl (C=O) groups excluding carboxylic acids is 2. The van der Waals surface area contributed by atoms with E-state index in [2.05, 4.69) is 10.7 Å². The van der Waals surface area contributed by atoms with Gasteiger partial charge in [-0.3, -0.25) is 4.79 Å². The number of rotatable bonds is 8. The van der Waals surface area contributed by atoms with Gasteiger partial charge in [-0.25, -0.2) is 13.6 Å². The van der Waals surface area contributed by atoms with Crippen LogP contribution >= 0.6 is 11.3 Å². The molecule has 0 aromatic carbocycles. The third kappa shape index (κ3) is 5.20. The maximum atomic E-state index is 12.2. The first-order chi connectivity index (χ1) is 13.4. The summed E-state index contributed by atoms with van der Waals surface area (Å²) in [4.78, 5) is 28.1. The van der Waals surface area contributed by atoms with Gasteiger partial charge in [0.15, 0.2) is 0 Å². The van der Waals surface area contributed by atoms with Crippen LogP contribution in [-0.2, 0) is 16.1 Å². The van der Waals surface area contributed by atoms with Crippen LogP contribution in [0, 0.1) is 5.41 Å². The van der Waals surface area contributed by atoms with Crippen LogP contribution in [-0.4, -0.2) is 67.1 Å². The fourth-order valence-corrected chi connectivity index (χ4v) is 4.65. The maximum Gasteiger partial charge on any atom is 0.317 e. The van der Waals surface area contributed by atoms with Crippen LogP contribution in [0.2, 0.25) is 0 Å². The van der Waals surface area contributed by atoms with Crippen molar-refractivity contribution in [2.24, 2.45) is 5.41 Å². The minimum Gasteiger partial charge on any atom is -0.374 e. The summed E-state index contributed by atoms with van der Waals surface area (Å²) < 4.78 is 28.7. The summed E-state index contributed by atoms with van der Waals surface area (Å²) in [6.45, 7) is 3.24. The smallest absolute Gasteiger partial charge is 0.317 e. The molecule has 1 unspecified atom stereocenters. The molecule has 9 heteroatoms. The van der Waals surface area contributed by atoms with Gasteiger partial charge in [0, 0.05) is 39.1 Å². The summed E-state index contributed by atoms with van der Waals surface area (Å²) in [5.74, 6) is 0.0945. The highest BCUT2D eigenvalue weighted by atomic mass is 32.1. The molecular weight excluding hydrogens is 388 g/mol. The van der Waals surface area contributed by atoms with Crippen molar-refractivity contribution in [2.45, 2.75) is 45.2 Å². The molecule has 3 rings (SSSR count). The van der Waals surface area contributed by atoms with Crippen molar-refractivity contribution in [1.29, 1.82) is 0 Å². The molecule has 1 saturated heterocycles. The topological polar surface area (TPSA) is 61.9 Å². The molecule has 28 heavy (non-hydrogen) atoms. The van der Waals surface area contributed by atoms with Gasteiger partial charge in [0.1, 0.15) is 6.61 Å². The lowest BCUT2D eigenvalue weighted by Gasteiger charge is -2.34. The summed E-state index contributed by atoms with van der Waals surface area (Å²) in [5, 5.41) is 6.80. The number of ether oxygens (including phenoxy) is 1. The van der Waals surface area contributed by atoms with Crippen LogP contribution in [0.3, 0.4) is 0 Å². The number of alkyl halides is 2. The Morgan fingerprint density at radius 1 is 1.43 bits per heavy atom. The van der Waals surface area contributed by atoms with Crippen molar-refractivity contribution in [2.75, 3.05) is 32.8 Å². The predicted molar refractivity (Wildman–Crippen MR) is 102 cm³/mol. The normalized spacial score (nSPS) is 20.4. The lowest BCUT2D eigenvalue weighted by atomic mass is 9.92. The van der Waals surface area contributed by atoms with E-state index in [1.807, 2.05) is 16.3 Å². The van der Waals surface area contributed by atoms with Gasteiger partial charge in [-0.2, -0.15) is 11.3 Å². The van der Waals surface area contributed by atoms with Gasteiger partial charge >= 0.3 is 6.03 Å². The first kappa shape index (κ1) is 21.0. The largest absolute Gasteiger partial charge is 0.374 e. The molecule has 1 atom stereocenters. The van der Waals surface area contributed by atoms with E-state index in [0.29, 0.717) is 19.6 Å². The number of piperidine rings is 1. The Labute approximate surface area is 167 Å². The molecule has 1 spiro atoms. The molecule has 1 aromatic rings. The Bertz CT molecular complexity index is 663. The second-order valence-corrected chi connectivity index (χ2v) is 8.33. The summed E-state index contributed by atoms with van der Waals surface area (Å²) in [5.41, 5.74) is 1.28. The molecule has 6 nitrogen and oxygen atoms in total. The molecule has 2 aliphatic rings. The van der Waals surface area contributed by atoms with Crippen LogP contribution in [0.5, 0.6) is 0 Å². The minimum atomic E-state index is -2.49. The molecule has 1 aromatic heterocycles. The van der Waals surface area contributed by atoms with E-state index in [1.54, 1.807) is 23.2 Å². The second-order valence-electron chi connectivity index (χ2n) is 7.55. The van der Waals surface area contributed by atoms with Gasteiger partial charge in [0.05, 0.1) is 6.61 Å². The molecule has 3 amide bonds. The average Bonchev–Trinajstić information content (AvgIpc) is 3.09. The van der Waals surface area contributed by atoms with E-state index in [4.69, 9.17) is 4.74 Å². The van der Waals surface area contributed by atoms with E-state index < -0.39 is 13.0 Å². The predicted octanol–water partition coefficient (Wildman–Crippen LogP) is 2.94. The molecule has 2 heterocycles. The Balaban J connectivity index is 1.42. The van der Waals surface area contributed by atoms with Crippen LogP contribution in [0.25, 0.3) is 0 Å². The molecule has 1 saturated carbocycles. The van der Waals surface area contributed by atoms with E-state index >= 15 is 0 Å². The molecule has 0 bridgehead atoms.